The third kappa shape index (κ3) is 3.56. The van der Waals surface area contributed by atoms with E-state index in [1.54, 1.807) is 7.11 Å². The summed E-state index contributed by atoms with van der Waals surface area (Å²) in [5.41, 5.74) is 5.89. The zero-order valence-electron chi connectivity index (χ0n) is 16.0. The number of fused-ring (bicyclic) bond motifs is 1. The van der Waals surface area contributed by atoms with Gasteiger partial charge in [0.2, 0.25) is 0 Å². The summed E-state index contributed by atoms with van der Waals surface area (Å²) < 4.78 is 11.6. The average molecular weight is 393 g/mol. The molecule has 4 rings (SSSR count). The van der Waals surface area contributed by atoms with Crippen LogP contribution in [0, 0.1) is 13.8 Å². The molecule has 0 bridgehead atoms. The highest BCUT2D eigenvalue weighted by Gasteiger charge is 2.11. The highest BCUT2D eigenvalue weighted by molar-refractivity contribution is 6.32. The molecule has 0 aliphatic carbocycles. The van der Waals surface area contributed by atoms with Crippen LogP contribution in [0.15, 0.2) is 54.6 Å². The van der Waals surface area contributed by atoms with E-state index in [0.717, 1.165) is 55.6 Å². The van der Waals surface area contributed by atoms with Gasteiger partial charge in [-0.25, -0.2) is 4.98 Å². The van der Waals surface area contributed by atoms with Crippen molar-refractivity contribution in [2.75, 3.05) is 7.11 Å². The van der Waals surface area contributed by atoms with Crippen LogP contribution in [-0.4, -0.2) is 17.1 Å². The van der Waals surface area contributed by atoms with Crippen LogP contribution in [0.1, 0.15) is 16.7 Å². The van der Waals surface area contributed by atoms with Crippen LogP contribution in [0.4, 0.5) is 0 Å². The second kappa shape index (κ2) is 7.56. The molecular formula is C23H21ClN2O2. The lowest BCUT2D eigenvalue weighted by molar-refractivity contribution is 0.296. The minimum absolute atomic E-state index is 0.387. The van der Waals surface area contributed by atoms with Crippen molar-refractivity contribution in [2.45, 2.75) is 20.5 Å². The van der Waals surface area contributed by atoms with Gasteiger partial charge in [0.25, 0.3) is 0 Å². The third-order valence-electron chi connectivity index (χ3n) is 4.75. The Morgan fingerprint density at radius 1 is 1.00 bits per heavy atom. The van der Waals surface area contributed by atoms with Gasteiger partial charge in [0.05, 0.1) is 18.1 Å². The van der Waals surface area contributed by atoms with E-state index in [0.29, 0.717) is 6.61 Å². The SMILES string of the molecule is COc1ccc(-c2nc3ccccc3[nH]2)cc1COc1cc(C)c(Cl)c(C)c1. The summed E-state index contributed by atoms with van der Waals surface area (Å²) in [6.07, 6.45) is 0. The number of hydrogen-bond donors (Lipinski definition) is 1. The molecule has 0 aliphatic rings. The van der Waals surface area contributed by atoms with Gasteiger partial charge in [-0.2, -0.15) is 0 Å². The molecule has 0 saturated heterocycles. The highest BCUT2D eigenvalue weighted by atomic mass is 35.5. The second-order valence-corrected chi connectivity index (χ2v) is 7.17. The summed E-state index contributed by atoms with van der Waals surface area (Å²) in [4.78, 5) is 8.04. The Bertz CT molecular complexity index is 1090. The lowest BCUT2D eigenvalue weighted by Gasteiger charge is -2.13. The number of nitrogens with zero attached hydrogens (tertiary/aromatic N) is 1. The number of H-pyrrole nitrogens is 1. The molecule has 0 atom stereocenters. The first-order chi connectivity index (χ1) is 13.5. The van der Waals surface area contributed by atoms with E-state index >= 15 is 0 Å². The summed E-state index contributed by atoms with van der Waals surface area (Å²) in [5, 5.41) is 0.775. The standard InChI is InChI=1S/C23H21ClN2O2/c1-14-10-18(11-15(2)22(14)24)28-13-17-12-16(8-9-21(17)27-3)23-25-19-6-4-5-7-20(19)26-23/h4-12H,13H2,1-3H3,(H,25,26). The van der Waals surface area contributed by atoms with Gasteiger partial charge >= 0.3 is 0 Å². The number of hydrogen-bond acceptors (Lipinski definition) is 3. The first-order valence-electron chi connectivity index (χ1n) is 9.07. The molecule has 0 unspecified atom stereocenters. The molecule has 4 aromatic rings. The first kappa shape index (κ1) is 18.4. The zero-order chi connectivity index (χ0) is 19.7. The van der Waals surface area contributed by atoms with E-state index in [1.165, 1.54) is 0 Å². The molecule has 0 amide bonds. The Hall–Kier alpha value is -2.98. The van der Waals surface area contributed by atoms with E-state index in [9.17, 15) is 0 Å². The van der Waals surface area contributed by atoms with Gasteiger partial charge < -0.3 is 14.5 Å². The number of para-hydroxylation sites is 2. The van der Waals surface area contributed by atoms with Crippen molar-refractivity contribution in [2.24, 2.45) is 0 Å². The smallest absolute Gasteiger partial charge is 0.138 e. The summed E-state index contributed by atoms with van der Waals surface area (Å²) in [7, 11) is 1.66. The number of rotatable bonds is 5. The van der Waals surface area contributed by atoms with Gasteiger partial charge in [0.1, 0.15) is 23.9 Å². The maximum atomic E-state index is 6.25. The summed E-state index contributed by atoms with van der Waals surface area (Å²) in [6, 6.07) is 17.9. The van der Waals surface area contributed by atoms with E-state index in [4.69, 9.17) is 21.1 Å². The topological polar surface area (TPSA) is 47.1 Å². The number of benzene rings is 3. The van der Waals surface area contributed by atoms with Gasteiger partial charge in [-0.05, 0) is 67.4 Å². The van der Waals surface area contributed by atoms with Crippen molar-refractivity contribution in [1.29, 1.82) is 0 Å². The molecule has 0 spiro atoms. The van der Waals surface area contributed by atoms with E-state index < -0.39 is 0 Å². The zero-order valence-corrected chi connectivity index (χ0v) is 16.8. The number of aromatic nitrogens is 2. The van der Waals surface area contributed by atoms with Gasteiger partial charge in [-0.1, -0.05) is 23.7 Å². The number of nitrogens with one attached hydrogen (secondary N) is 1. The molecule has 0 aliphatic heterocycles. The molecule has 0 fully saturated rings. The molecule has 1 heterocycles. The minimum atomic E-state index is 0.387. The number of halogens is 1. The fourth-order valence-electron chi connectivity index (χ4n) is 3.28. The monoisotopic (exact) mass is 392 g/mol. The largest absolute Gasteiger partial charge is 0.496 e. The first-order valence-corrected chi connectivity index (χ1v) is 9.44. The molecule has 28 heavy (non-hydrogen) atoms. The molecule has 0 radical (unpaired) electrons. The highest BCUT2D eigenvalue weighted by Crippen LogP contribution is 2.30. The van der Waals surface area contributed by atoms with Crippen LogP contribution in [0.5, 0.6) is 11.5 Å². The Kier molecular flexibility index (Phi) is 4.97. The Morgan fingerprint density at radius 2 is 1.75 bits per heavy atom. The summed E-state index contributed by atoms with van der Waals surface area (Å²) >= 11 is 6.25. The van der Waals surface area contributed by atoms with Crippen molar-refractivity contribution >= 4 is 22.6 Å². The maximum absolute atomic E-state index is 6.25. The Labute approximate surface area is 169 Å². The van der Waals surface area contributed by atoms with Gasteiger partial charge in [0, 0.05) is 16.1 Å². The molecule has 4 nitrogen and oxygen atoms in total. The summed E-state index contributed by atoms with van der Waals surface area (Å²) in [5.74, 6) is 2.39. The number of aryl methyl sites for hydroxylation is 2. The summed E-state index contributed by atoms with van der Waals surface area (Å²) in [6.45, 7) is 4.34. The maximum Gasteiger partial charge on any atom is 0.138 e. The van der Waals surface area contributed by atoms with Gasteiger partial charge in [-0.15, -0.1) is 0 Å². The van der Waals surface area contributed by atoms with E-state index in [2.05, 4.69) is 9.97 Å². The second-order valence-electron chi connectivity index (χ2n) is 6.79. The number of ether oxygens (including phenoxy) is 2. The third-order valence-corrected chi connectivity index (χ3v) is 5.34. The van der Waals surface area contributed by atoms with Crippen LogP contribution in [0.25, 0.3) is 22.4 Å². The lowest BCUT2D eigenvalue weighted by atomic mass is 10.1. The van der Waals surface area contributed by atoms with Gasteiger partial charge in [-0.3, -0.25) is 0 Å². The quantitative estimate of drug-likeness (QED) is 0.447. The molecule has 1 N–H and O–H groups in total. The number of imidazole rings is 1. The number of methoxy groups -OCH3 is 1. The number of aromatic amines is 1. The van der Waals surface area contributed by atoms with Crippen LogP contribution >= 0.6 is 11.6 Å². The normalized spacial score (nSPS) is 11.0. The van der Waals surface area contributed by atoms with E-state index in [1.807, 2.05) is 68.4 Å². The van der Waals surface area contributed by atoms with Gasteiger partial charge in [0.15, 0.2) is 0 Å². The molecule has 0 saturated carbocycles. The van der Waals surface area contributed by atoms with Crippen molar-refractivity contribution in [3.63, 3.8) is 0 Å². The average Bonchev–Trinajstić information content (AvgIpc) is 3.14. The fourth-order valence-corrected chi connectivity index (χ4v) is 3.39. The molecule has 1 aromatic heterocycles. The fraction of sp³-hybridized carbons (Fsp3) is 0.174. The minimum Gasteiger partial charge on any atom is -0.496 e. The van der Waals surface area contributed by atoms with Crippen molar-refractivity contribution in [3.05, 3.63) is 76.3 Å². The van der Waals surface area contributed by atoms with Crippen LogP contribution in [0.3, 0.4) is 0 Å². The predicted octanol–water partition coefficient (Wildman–Crippen LogP) is 6.09. The molecular weight excluding hydrogens is 372 g/mol. The van der Waals surface area contributed by atoms with Crippen LogP contribution in [-0.2, 0) is 6.61 Å². The Morgan fingerprint density at radius 3 is 2.46 bits per heavy atom. The molecule has 5 heteroatoms. The van der Waals surface area contributed by atoms with Crippen molar-refractivity contribution in [1.82, 2.24) is 9.97 Å². The van der Waals surface area contributed by atoms with Crippen LogP contribution < -0.4 is 9.47 Å². The van der Waals surface area contributed by atoms with Crippen molar-refractivity contribution in [3.8, 4) is 22.9 Å². The Balaban J connectivity index is 1.63. The van der Waals surface area contributed by atoms with E-state index in [-0.39, 0.29) is 0 Å². The lowest BCUT2D eigenvalue weighted by Crippen LogP contribution is -2.00. The predicted molar refractivity (Wildman–Crippen MR) is 113 cm³/mol. The molecule has 3 aromatic carbocycles. The van der Waals surface area contributed by atoms with Crippen LogP contribution in [0.2, 0.25) is 5.02 Å². The van der Waals surface area contributed by atoms with Crippen molar-refractivity contribution < 1.29 is 9.47 Å². The molecule has 142 valence electrons.